The lowest BCUT2D eigenvalue weighted by Gasteiger charge is -2.47. The summed E-state index contributed by atoms with van der Waals surface area (Å²) in [7, 11) is -1.47. The largest absolute Gasteiger partial charge is 0.497 e. The quantitative estimate of drug-likeness (QED) is 0.0282. The fourth-order valence-electron chi connectivity index (χ4n) is 8.47. The highest BCUT2D eigenvalue weighted by Crippen LogP contribution is 2.41. The molecule has 61 heavy (non-hydrogen) atoms. The minimum Gasteiger partial charge on any atom is -0.497 e. The van der Waals surface area contributed by atoms with Crippen LogP contribution in [0.2, 0.25) is 5.04 Å². The van der Waals surface area contributed by atoms with Gasteiger partial charge in [-0.1, -0.05) is 136 Å². The molecule has 0 radical (unpaired) electrons. The highest BCUT2D eigenvalue weighted by Gasteiger charge is 2.53. The Morgan fingerprint density at radius 2 is 1.34 bits per heavy atom. The molecular weight excluding hydrogens is 781 g/mol. The molecule has 5 atom stereocenters. The molecule has 0 amide bonds. The van der Waals surface area contributed by atoms with E-state index in [9.17, 15) is 4.79 Å². The Morgan fingerprint density at radius 1 is 0.787 bits per heavy atom. The Kier molecular flexibility index (Phi) is 18.1. The van der Waals surface area contributed by atoms with Gasteiger partial charge in [-0.2, -0.15) is 0 Å². The van der Waals surface area contributed by atoms with Crippen molar-refractivity contribution in [3.05, 3.63) is 139 Å². The van der Waals surface area contributed by atoms with Crippen LogP contribution in [0, 0.1) is 5.92 Å². The van der Waals surface area contributed by atoms with Crippen LogP contribution in [-0.4, -0.2) is 64.8 Å². The van der Waals surface area contributed by atoms with Gasteiger partial charge in [0.1, 0.15) is 18.3 Å². The number of benzene rings is 4. The first kappa shape index (κ1) is 48.1. The topological polar surface area (TPSA) is 81.7 Å². The Bertz CT molecular complexity index is 1860. The fraction of sp³-hybridized carbons (Fsp3) is 0.481. The monoisotopic (exact) mass is 850 g/mol. The predicted octanol–water partition coefficient (Wildman–Crippen LogP) is 10.4. The summed E-state index contributed by atoms with van der Waals surface area (Å²) in [6, 6.07) is 39.2. The van der Waals surface area contributed by atoms with Crippen LogP contribution in [0.1, 0.15) is 98.1 Å². The van der Waals surface area contributed by atoms with Crippen molar-refractivity contribution >= 4 is 24.5 Å². The predicted molar refractivity (Wildman–Crippen MR) is 247 cm³/mol. The van der Waals surface area contributed by atoms with E-state index < -0.39 is 26.3 Å². The van der Waals surface area contributed by atoms with Gasteiger partial charge < -0.3 is 32.8 Å². The van der Waals surface area contributed by atoms with E-state index >= 15 is 0 Å². The zero-order valence-corrected chi connectivity index (χ0v) is 38.9. The van der Waals surface area contributed by atoms with Crippen molar-refractivity contribution in [2.75, 3.05) is 20.5 Å². The van der Waals surface area contributed by atoms with Crippen LogP contribution >= 0.6 is 0 Å². The van der Waals surface area contributed by atoms with Crippen LogP contribution in [0.15, 0.2) is 127 Å². The number of Topliss-reactive ketones (excluding diaryl/α,β-unsaturated/α-hetero) is 1. The number of methoxy groups -OCH3 is 1. The number of rotatable bonds is 25. The molecule has 0 aliphatic carbocycles. The van der Waals surface area contributed by atoms with Crippen LogP contribution in [0.25, 0.3) is 0 Å². The van der Waals surface area contributed by atoms with Gasteiger partial charge in [0.25, 0.3) is 8.32 Å². The van der Waals surface area contributed by atoms with E-state index in [1.807, 2.05) is 87.5 Å². The summed E-state index contributed by atoms with van der Waals surface area (Å²) in [6.07, 6.45) is 1.94. The average molecular weight is 851 g/mol. The number of carbonyl (C=O) groups is 1. The van der Waals surface area contributed by atoms with Crippen LogP contribution in [0.5, 0.6) is 5.75 Å². The molecule has 1 fully saturated rings. The van der Waals surface area contributed by atoms with Gasteiger partial charge in [-0.25, -0.2) is 0 Å². The first-order valence-electron chi connectivity index (χ1n) is 22.0. The number of allylic oxidation sites excluding steroid dienone is 1. The molecule has 4 aromatic rings. The van der Waals surface area contributed by atoms with Gasteiger partial charge in [0, 0.05) is 19.4 Å². The number of hydrogen-bond acceptors (Lipinski definition) is 8. The van der Waals surface area contributed by atoms with Gasteiger partial charge >= 0.3 is 0 Å². The van der Waals surface area contributed by atoms with Crippen LogP contribution in [-0.2, 0) is 46.1 Å². The summed E-state index contributed by atoms with van der Waals surface area (Å²) in [5.41, 5.74) is 3.13. The Hall–Kier alpha value is -3.93. The zero-order valence-electron chi connectivity index (χ0n) is 37.9. The zero-order chi connectivity index (χ0) is 43.9. The molecule has 0 aromatic heterocycles. The second-order valence-corrected chi connectivity index (χ2v) is 22.3. The number of ketones is 1. The molecule has 0 saturated carbocycles. The van der Waals surface area contributed by atoms with Crippen molar-refractivity contribution in [2.45, 2.75) is 135 Å². The molecule has 4 aromatic carbocycles. The minimum absolute atomic E-state index is 0.0347. The number of ether oxygens (including phenoxy) is 6. The van der Waals surface area contributed by atoms with E-state index in [0.29, 0.717) is 39.1 Å². The lowest BCUT2D eigenvalue weighted by atomic mass is 9.89. The number of carbonyl (C=O) groups excluding carboxylic acids is 1. The standard InChI is InChI=1S/C52H70O8Si/c1-39(2)27-30-43(53)35-49(60-61(51(4,5)6,45-22-15-11-16-23-45)46-24-17-12-18-25-46)50(57-38-56-37-41-20-13-10-14-21-41)40(3)34-48-47(58-52(7,8)59-48)26-19-33-55-36-42-28-31-44(54-9)32-29-42/h10-18,20-25,28-29,31-32,40,47-50H,1,19,26-27,30,33-38H2,2-9H3/t40-,47-,48-,49+,50+/m0/s1. The maximum atomic E-state index is 14.1. The third-order valence-electron chi connectivity index (χ3n) is 11.5. The van der Waals surface area contributed by atoms with Gasteiger partial charge in [-0.3, -0.25) is 4.79 Å². The number of hydrogen-bond donors (Lipinski definition) is 0. The Labute approximate surface area is 367 Å². The van der Waals surface area contributed by atoms with E-state index in [1.165, 1.54) is 0 Å². The smallest absolute Gasteiger partial charge is 0.261 e. The van der Waals surface area contributed by atoms with Crippen molar-refractivity contribution in [1.29, 1.82) is 0 Å². The van der Waals surface area contributed by atoms with Gasteiger partial charge in [-0.05, 0) is 91.0 Å². The maximum Gasteiger partial charge on any atom is 0.261 e. The van der Waals surface area contributed by atoms with Gasteiger partial charge in [0.15, 0.2) is 5.79 Å². The normalized spacial score (nSPS) is 18.0. The third-order valence-corrected chi connectivity index (χ3v) is 16.5. The van der Waals surface area contributed by atoms with Crippen LogP contribution in [0.3, 0.4) is 0 Å². The van der Waals surface area contributed by atoms with Gasteiger partial charge in [0.2, 0.25) is 0 Å². The molecule has 0 bridgehead atoms. The summed E-state index contributed by atoms with van der Waals surface area (Å²) in [5, 5.41) is 1.96. The van der Waals surface area contributed by atoms with E-state index in [1.54, 1.807) is 7.11 Å². The van der Waals surface area contributed by atoms with Crippen molar-refractivity contribution < 1.29 is 37.6 Å². The van der Waals surface area contributed by atoms with Crippen molar-refractivity contribution in [2.24, 2.45) is 5.92 Å². The summed E-state index contributed by atoms with van der Waals surface area (Å²) >= 11 is 0. The highest BCUT2D eigenvalue weighted by molar-refractivity contribution is 6.99. The molecule has 8 nitrogen and oxygen atoms in total. The molecule has 330 valence electrons. The average Bonchev–Trinajstić information content (AvgIpc) is 3.54. The first-order chi connectivity index (χ1) is 29.2. The summed E-state index contributed by atoms with van der Waals surface area (Å²) in [4.78, 5) is 14.1. The Morgan fingerprint density at radius 3 is 1.92 bits per heavy atom. The first-order valence-corrected chi connectivity index (χ1v) is 23.9. The SMILES string of the molecule is C=C(C)CCC(=O)C[C@@H](O[Si](c1ccccc1)(c1ccccc1)C(C)(C)C)[C@H](OCOCc1ccccc1)[C@@H](C)C[C@@H]1OC(C)(C)O[C@H]1CCCOCc1ccc(OC)cc1. The molecule has 0 N–H and O–H groups in total. The van der Waals surface area contributed by atoms with Gasteiger partial charge in [-0.15, -0.1) is 6.58 Å². The van der Waals surface area contributed by atoms with Gasteiger partial charge in [0.05, 0.1) is 44.7 Å². The summed E-state index contributed by atoms with van der Waals surface area (Å²) < 4.78 is 45.5. The van der Waals surface area contributed by atoms with E-state index in [0.717, 1.165) is 45.7 Å². The van der Waals surface area contributed by atoms with Crippen molar-refractivity contribution in [3.8, 4) is 5.75 Å². The lowest BCUT2D eigenvalue weighted by molar-refractivity contribution is -0.159. The maximum absolute atomic E-state index is 14.1. The molecular formula is C52H70O8Si. The molecule has 0 spiro atoms. The van der Waals surface area contributed by atoms with Crippen LogP contribution in [0.4, 0.5) is 0 Å². The summed E-state index contributed by atoms with van der Waals surface area (Å²) in [6.45, 7) is 20.5. The van der Waals surface area contributed by atoms with E-state index in [2.05, 4.69) is 82.8 Å². The van der Waals surface area contributed by atoms with E-state index in [-0.39, 0.29) is 42.2 Å². The second kappa shape index (κ2) is 23.0. The Balaban J connectivity index is 1.44. The highest BCUT2D eigenvalue weighted by atomic mass is 28.4. The molecule has 9 heteroatoms. The van der Waals surface area contributed by atoms with E-state index in [4.69, 9.17) is 32.8 Å². The molecule has 1 aliphatic rings. The van der Waals surface area contributed by atoms with Crippen molar-refractivity contribution in [3.63, 3.8) is 0 Å². The van der Waals surface area contributed by atoms with Crippen LogP contribution < -0.4 is 15.1 Å². The summed E-state index contributed by atoms with van der Waals surface area (Å²) in [5.74, 6) is 0.0739. The minimum atomic E-state index is -3.14. The molecule has 1 saturated heterocycles. The van der Waals surface area contributed by atoms with Crippen molar-refractivity contribution in [1.82, 2.24) is 0 Å². The molecule has 1 aliphatic heterocycles. The lowest BCUT2D eigenvalue weighted by Crippen LogP contribution is -2.69. The molecule has 5 rings (SSSR count). The fourth-order valence-corrected chi connectivity index (χ4v) is 13.2. The molecule has 1 heterocycles. The second-order valence-electron chi connectivity index (χ2n) is 18.1. The third kappa shape index (κ3) is 14.0. The molecule has 0 unspecified atom stereocenters.